The van der Waals surface area contributed by atoms with Gasteiger partial charge in [0.25, 0.3) is 0 Å². The lowest BCUT2D eigenvalue weighted by atomic mass is 10.2. The predicted molar refractivity (Wildman–Crippen MR) is 86.6 cm³/mol. The molecule has 0 atom stereocenters. The van der Waals surface area contributed by atoms with Crippen molar-refractivity contribution in [2.45, 2.75) is 24.2 Å². The van der Waals surface area contributed by atoms with E-state index in [-0.39, 0.29) is 5.75 Å². The van der Waals surface area contributed by atoms with Crippen molar-refractivity contribution < 1.29 is 17.9 Å². The Hall–Kier alpha value is -2.55. The van der Waals surface area contributed by atoms with E-state index in [2.05, 4.69) is 26.3 Å². The van der Waals surface area contributed by atoms with E-state index in [4.69, 9.17) is 0 Å². The minimum Gasteiger partial charge on any atom is -0.406 e. The molecule has 0 aliphatic heterocycles. The van der Waals surface area contributed by atoms with Gasteiger partial charge in [0.15, 0.2) is 0 Å². The fourth-order valence-corrected chi connectivity index (χ4v) is 3.00. The Morgan fingerprint density at radius 2 is 1.88 bits per heavy atom. The first-order chi connectivity index (χ1) is 11.9. The van der Waals surface area contributed by atoms with Gasteiger partial charge in [-0.15, -0.1) is 18.3 Å². The van der Waals surface area contributed by atoms with Gasteiger partial charge in [-0.3, -0.25) is 0 Å². The molecule has 1 aromatic heterocycles. The lowest BCUT2D eigenvalue weighted by Crippen LogP contribution is -2.17. The Balaban J connectivity index is 1.73. The lowest BCUT2D eigenvalue weighted by Gasteiger charge is -2.09. The number of hydrogen-bond acceptors (Lipinski definition) is 5. The standard InChI is InChI=1S/C16H13F3N4OS/c1-11-3-2-4-12(9-11)10-25-15-20-21-22-23(15)13-5-7-14(8-6-13)24-16(17,18)19/h2-9H,10H2,1H3. The van der Waals surface area contributed by atoms with E-state index in [9.17, 15) is 13.2 Å². The van der Waals surface area contributed by atoms with E-state index in [1.807, 2.05) is 25.1 Å². The molecule has 9 heteroatoms. The van der Waals surface area contributed by atoms with Gasteiger partial charge in [-0.05, 0) is 47.2 Å². The third kappa shape index (κ3) is 4.72. The number of thioether (sulfide) groups is 1. The molecule has 0 fully saturated rings. The summed E-state index contributed by atoms with van der Waals surface area (Å²) in [6.07, 6.45) is -4.72. The van der Waals surface area contributed by atoms with Gasteiger partial charge in [0.1, 0.15) is 5.75 Å². The summed E-state index contributed by atoms with van der Waals surface area (Å²) in [5, 5.41) is 12.0. The van der Waals surface area contributed by atoms with Crippen LogP contribution in [0.1, 0.15) is 11.1 Å². The van der Waals surface area contributed by atoms with E-state index in [0.717, 1.165) is 11.1 Å². The molecular weight excluding hydrogens is 353 g/mol. The number of nitrogens with zero attached hydrogens (tertiary/aromatic N) is 4. The van der Waals surface area contributed by atoms with Gasteiger partial charge in [-0.2, -0.15) is 4.68 Å². The second-order valence-corrected chi connectivity index (χ2v) is 6.14. The third-order valence-corrected chi connectivity index (χ3v) is 4.20. The Bertz CT molecular complexity index is 849. The number of tetrazole rings is 1. The van der Waals surface area contributed by atoms with Gasteiger partial charge >= 0.3 is 6.36 Å². The molecule has 2 aromatic carbocycles. The largest absolute Gasteiger partial charge is 0.573 e. The minimum atomic E-state index is -4.72. The van der Waals surface area contributed by atoms with E-state index in [1.54, 1.807) is 0 Å². The van der Waals surface area contributed by atoms with Crippen molar-refractivity contribution >= 4 is 11.8 Å². The van der Waals surface area contributed by atoms with Crippen LogP contribution < -0.4 is 4.74 Å². The number of halogens is 3. The number of aryl methyl sites for hydroxylation is 1. The second-order valence-electron chi connectivity index (χ2n) is 5.19. The summed E-state index contributed by atoms with van der Waals surface area (Å²) < 4.78 is 41.9. The fourth-order valence-electron chi connectivity index (χ4n) is 2.17. The Morgan fingerprint density at radius 1 is 1.12 bits per heavy atom. The zero-order valence-electron chi connectivity index (χ0n) is 13.1. The highest BCUT2D eigenvalue weighted by Crippen LogP contribution is 2.26. The fraction of sp³-hybridized carbons (Fsp3) is 0.188. The van der Waals surface area contributed by atoms with Gasteiger partial charge in [0.05, 0.1) is 5.69 Å². The number of ether oxygens (including phenoxy) is 1. The zero-order valence-corrected chi connectivity index (χ0v) is 13.9. The molecule has 0 amide bonds. The maximum atomic E-state index is 12.2. The highest BCUT2D eigenvalue weighted by molar-refractivity contribution is 7.98. The Morgan fingerprint density at radius 3 is 2.56 bits per heavy atom. The third-order valence-electron chi connectivity index (χ3n) is 3.21. The molecule has 0 saturated heterocycles. The average Bonchev–Trinajstić information content (AvgIpc) is 3.01. The molecule has 0 bridgehead atoms. The van der Waals surface area contributed by atoms with Crippen LogP contribution in [0.2, 0.25) is 0 Å². The van der Waals surface area contributed by atoms with Crippen molar-refractivity contribution in [2.24, 2.45) is 0 Å². The number of rotatable bonds is 5. The van der Waals surface area contributed by atoms with Gasteiger partial charge < -0.3 is 4.74 Å². The normalized spacial score (nSPS) is 11.5. The quantitative estimate of drug-likeness (QED) is 0.635. The summed E-state index contributed by atoms with van der Waals surface area (Å²) in [6.45, 7) is 2.02. The van der Waals surface area contributed by atoms with Crippen LogP contribution >= 0.6 is 11.8 Å². The predicted octanol–water partition coefficient (Wildman–Crippen LogP) is 4.16. The number of alkyl halides is 3. The summed E-state index contributed by atoms with van der Waals surface area (Å²) in [5.41, 5.74) is 2.85. The molecular formula is C16H13F3N4OS. The topological polar surface area (TPSA) is 52.8 Å². The molecule has 0 unspecified atom stereocenters. The van der Waals surface area contributed by atoms with Crippen molar-refractivity contribution in [3.63, 3.8) is 0 Å². The van der Waals surface area contributed by atoms with Crippen LogP contribution in [-0.2, 0) is 5.75 Å². The van der Waals surface area contributed by atoms with Gasteiger partial charge in [-0.1, -0.05) is 41.6 Å². The summed E-state index contributed by atoms with van der Waals surface area (Å²) in [4.78, 5) is 0. The molecule has 5 nitrogen and oxygen atoms in total. The highest BCUT2D eigenvalue weighted by Gasteiger charge is 2.31. The first kappa shape index (κ1) is 17.3. The number of benzene rings is 2. The first-order valence-corrected chi connectivity index (χ1v) is 8.22. The van der Waals surface area contributed by atoms with Gasteiger partial charge in [0.2, 0.25) is 5.16 Å². The van der Waals surface area contributed by atoms with Crippen LogP contribution in [0.25, 0.3) is 5.69 Å². The molecule has 1 heterocycles. The highest BCUT2D eigenvalue weighted by atomic mass is 32.2. The molecule has 0 aliphatic rings. The van der Waals surface area contributed by atoms with Gasteiger partial charge in [-0.25, -0.2) is 0 Å². The maximum absolute atomic E-state index is 12.2. The minimum absolute atomic E-state index is 0.293. The first-order valence-electron chi connectivity index (χ1n) is 7.24. The molecule has 0 radical (unpaired) electrons. The maximum Gasteiger partial charge on any atom is 0.573 e. The molecule has 0 saturated carbocycles. The van der Waals surface area contributed by atoms with Crippen molar-refractivity contribution in [2.75, 3.05) is 0 Å². The van der Waals surface area contributed by atoms with Crippen molar-refractivity contribution in [1.82, 2.24) is 20.2 Å². The van der Waals surface area contributed by atoms with Crippen LogP contribution in [0.15, 0.2) is 53.7 Å². The van der Waals surface area contributed by atoms with Gasteiger partial charge in [0, 0.05) is 5.75 Å². The monoisotopic (exact) mass is 366 g/mol. The molecule has 3 aromatic rings. The second kappa shape index (κ2) is 7.14. The van der Waals surface area contributed by atoms with Crippen LogP contribution in [0.5, 0.6) is 5.75 Å². The van der Waals surface area contributed by atoms with E-state index in [1.165, 1.54) is 40.7 Å². The van der Waals surface area contributed by atoms with E-state index < -0.39 is 6.36 Å². The number of aromatic nitrogens is 4. The molecule has 3 rings (SSSR count). The van der Waals surface area contributed by atoms with Crippen LogP contribution in [-0.4, -0.2) is 26.6 Å². The van der Waals surface area contributed by atoms with Crippen molar-refractivity contribution in [1.29, 1.82) is 0 Å². The summed E-state index contributed by atoms with van der Waals surface area (Å²) in [7, 11) is 0. The zero-order chi connectivity index (χ0) is 17.9. The smallest absolute Gasteiger partial charge is 0.406 e. The molecule has 0 aliphatic carbocycles. The van der Waals surface area contributed by atoms with Crippen molar-refractivity contribution in [3.8, 4) is 11.4 Å². The average molecular weight is 366 g/mol. The van der Waals surface area contributed by atoms with Crippen LogP contribution in [0, 0.1) is 6.92 Å². The Kier molecular flexibility index (Phi) is 4.93. The summed E-state index contributed by atoms with van der Waals surface area (Å²) in [5.74, 6) is 0.385. The number of hydrogen-bond donors (Lipinski definition) is 0. The SMILES string of the molecule is Cc1cccc(CSc2nnnn2-c2ccc(OC(F)(F)F)cc2)c1. The van der Waals surface area contributed by atoms with Crippen LogP contribution in [0.4, 0.5) is 13.2 Å². The van der Waals surface area contributed by atoms with E-state index >= 15 is 0 Å². The van der Waals surface area contributed by atoms with E-state index in [0.29, 0.717) is 16.6 Å². The summed E-state index contributed by atoms with van der Waals surface area (Å²) in [6, 6.07) is 13.5. The molecule has 25 heavy (non-hydrogen) atoms. The Labute approximate surface area is 145 Å². The van der Waals surface area contributed by atoms with Crippen LogP contribution in [0.3, 0.4) is 0 Å². The lowest BCUT2D eigenvalue weighted by molar-refractivity contribution is -0.274. The summed E-state index contributed by atoms with van der Waals surface area (Å²) >= 11 is 1.44. The van der Waals surface area contributed by atoms with Crippen molar-refractivity contribution in [3.05, 3.63) is 59.7 Å². The molecule has 130 valence electrons. The molecule has 0 N–H and O–H groups in total. The molecule has 0 spiro atoms.